The van der Waals surface area contributed by atoms with Gasteiger partial charge in [0, 0.05) is 43.4 Å². The van der Waals surface area contributed by atoms with Crippen molar-refractivity contribution in [2.45, 2.75) is 19.1 Å². The molecule has 0 saturated carbocycles. The molecule has 0 aliphatic carbocycles. The molecular formula is C26H27F3N2O2S. The van der Waals surface area contributed by atoms with Crippen LogP contribution < -0.4 is 0 Å². The molecule has 0 radical (unpaired) electrons. The Kier molecular flexibility index (Phi) is 7.21. The number of nitrogens with zero attached hydrogens (tertiary/aromatic N) is 2. The van der Waals surface area contributed by atoms with E-state index >= 15 is 0 Å². The van der Waals surface area contributed by atoms with Gasteiger partial charge in [0.15, 0.2) is 0 Å². The standard InChI is InChI=1S/C26H27F3N2O2S/c1-17(21-15-30(16-21)12-13-32)31(34-2)25(33)20-8-11-24-19(14-20)4-3-5-23(24)18-6-9-22(10-7-18)26(27,28)29/h3-11,14,17,21,32H,12-13,15-16H2,1-2H3. The van der Waals surface area contributed by atoms with Crippen LogP contribution in [0.15, 0.2) is 60.7 Å². The second-order valence-electron chi connectivity index (χ2n) is 8.61. The fraction of sp³-hybridized carbons (Fsp3) is 0.346. The maximum absolute atomic E-state index is 13.3. The van der Waals surface area contributed by atoms with Crippen LogP contribution in [0.2, 0.25) is 0 Å². The Bertz CT molecular complexity index is 1160. The van der Waals surface area contributed by atoms with Crippen LogP contribution in [0.25, 0.3) is 21.9 Å². The molecule has 1 fully saturated rings. The van der Waals surface area contributed by atoms with E-state index in [9.17, 15) is 18.0 Å². The van der Waals surface area contributed by atoms with Gasteiger partial charge in [-0.3, -0.25) is 9.10 Å². The van der Waals surface area contributed by atoms with Crippen molar-refractivity contribution in [1.29, 1.82) is 0 Å². The second kappa shape index (κ2) is 9.98. The minimum Gasteiger partial charge on any atom is -0.395 e. The van der Waals surface area contributed by atoms with Crippen LogP contribution in [-0.2, 0) is 6.18 Å². The number of β-amino-alcohol motifs (C(OH)–C–C–N with tert-alkyl or cyclic N) is 1. The van der Waals surface area contributed by atoms with Crippen molar-refractivity contribution < 1.29 is 23.1 Å². The number of carbonyl (C=O) groups excluding carboxylic acids is 1. The first-order valence-corrected chi connectivity index (χ1v) is 12.3. The van der Waals surface area contributed by atoms with E-state index in [1.165, 1.54) is 24.1 Å². The molecule has 1 amide bonds. The molecule has 3 aromatic rings. The molecule has 4 rings (SSSR count). The highest BCUT2D eigenvalue weighted by Crippen LogP contribution is 2.34. The average Bonchev–Trinajstić information content (AvgIpc) is 2.80. The molecule has 0 aromatic heterocycles. The number of hydrogen-bond acceptors (Lipinski definition) is 4. The van der Waals surface area contributed by atoms with Crippen molar-refractivity contribution in [2.24, 2.45) is 5.92 Å². The molecule has 1 unspecified atom stereocenters. The summed E-state index contributed by atoms with van der Waals surface area (Å²) in [6, 6.07) is 16.3. The molecule has 34 heavy (non-hydrogen) atoms. The number of alkyl halides is 3. The van der Waals surface area contributed by atoms with Crippen LogP contribution in [0.5, 0.6) is 0 Å². The van der Waals surface area contributed by atoms with Gasteiger partial charge in [-0.15, -0.1) is 0 Å². The van der Waals surface area contributed by atoms with Crippen molar-refractivity contribution in [3.05, 3.63) is 71.8 Å². The van der Waals surface area contributed by atoms with Gasteiger partial charge in [0.2, 0.25) is 0 Å². The number of carbonyl (C=O) groups is 1. The molecule has 1 N–H and O–H groups in total. The molecule has 8 heteroatoms. The zero-order valence-corrected chi connectivity index (χ0v) is 19.9. The van der Waals surface area contributed by atoms with Gasteiger partial charge in [-0.25, -0.2) is 0 Å². The molecule has 4 nitrogen and oxygen atoms in total. The van der Waals surface area contributed by atoms with E-state index in [4.69, 9.17) is 5.11 Å². The highest BCUT2D eigenvalue weighted by atomic mass is 32.2. The summed E-state index contributed by atoms with van der Waals surface area (Å²) in [6.07, 6.45) is -2.48. The number of amides is 1. The number of rotatable bonds is 7. The lowest BCUT2D eigenvalue weighted by atomic mass is 9.92. The average molecular weight is 489 g/mol. The Morgan fingerprint density at radius 1 is 1.15 bits per heavy atom. The largest absolute Gasteiger partial charge is 0.416 e. The van der Waals surface area contributed by atoms with Crippen LogP contribution in [0.1, 0.15) is 22.8 Å². The Balaban J connectivity index is 1.57. The van der Waals surface area contributed by atoms with Gasteiger partial charge in [-0.1, -0.05) is 48.3 Å². The van der Waals surface area contributed by atoms with Crippen molar-refractivity contribution in [1.82, 2.24) is 9.21 Å². The smallest absolute Gasteiger partial charge is 0.395 e. The third-order valence-electron chi connectivity index (χ3n) is 6.50. The summed E-state index contributed by atoms with van der Waals surface area (Å²) in [4.78, 5) is 15.5. The summed E-state index contributed by atoms with van der Waals surface area (Å²) in [7, 11) is 0. The summed E-state index contributed by atoms with van der Waals surface area (Å²) in [5, 5.41) is 10.8. The fourth-order valence-electron chi connectivity index (χ4n) is 4.50. The first-order chi connectivity index (χ1) is 16.2. The van der Waals surface area contributed by atoms with Crippen LogP contribution >= 0.6 is 11.9 Å². The molecule has 1 aliphatic heterocycles. The number of hydrogen-bond donors (Lipinski definition) is 1. The van der Waals surface area contributed by atoms with Gasteiger partial charge in [0.05, 0.1) is 12.2 Å². The number of likely N-dealkylation sites (tertiary alicyclic amines) is 1. The molecule has 0 bridgehead atoms. The predicted molar refractivity (Wildman–Crippen MR) is 131 cm³/mol. The van der Waals surface area contributed by atoms with Gasteiger partial charge >= 0.3 is 6.18 Å². The number of fused-ring (bicyclic) bond motifs is 1. The van der Waals surface area contributed by atoms with Crippen molar-refractivity contribution in [3.8, 4) is 11.1 Å². The quantitative estimate of drug-likeness (QED) is 0.443. The third kappa shape index (κ3) is 4.94. The van der Waals surface area contributed by atoms with Crippen LogP contribution in [0.4, 0.5) is 13.2 Å². The first-order valence-electron chi connectivity index (χ1n) is 11.1. The molecule has 180 valence electrons. The third-order valence-corrected chi connectivity index (χ3v) is 7.39. The minimum absolute atomic E-state index is 0.0478. The second-order valence-corrected chi connectivity index (χ2v) is 9.37. The van der Waals surface area contributed by atoms with E-state index < -0.39 is 11.7 Å². The van der Waals surface area contributed by atoms with E-state index in [2.05, 4.69) is 11.8 Å². The van der Waals surface area contributed by atoms with Crippen LogP contribution in [-0.4, -0.2) is 58.8 Å². The monoisotopic (exact) mass is 488 g/mol. The number of aliphatic hydroxyl groups excluding tert-OH is 1. The SMILES string of the molecule is CSN(C(=O)c1ccc2c(-c3ccc(C(F)(F)F)cc3)cccc2c1)C(C)C1CN(CCO)C1. The maximum atomic E-state index is 13.3. The summed E-state index contributed by atoms with van der Waals surface area (Å²) in [6.45, 7) is 4.57. The van der Waals surface area contributed by atoms with Gasteiger partial charge in [0.1, 0.15) is 0 Å². The normalized spacial score (nSPS) is 15.8. The fourth-order valence-corrected chi connectivity index (χ4v) is 5.27. The minimum atomic E-state index is -4.37. The molecule has 1 atom stereocenters. The zero-order valence-electron chi connectivity index (χ0n) is 19.0. The number of benzene rings is 3. The molecule has 1 saturated heterocycles. The number of halogens is 3. The van der Waals surface area contributed by atoms with Gasteiger partial charge in [-0.2, -0.15) is 13.2 Å². The van der Waals surface area contributed by atoms with Gasteiger partial charge in [0.25, 0.3) is 5.91 Å². The van der Waals surface area contributed by atoms with E-state index in [1.54, 1.807) is 6.07 Å². The van der Waals surface area contributed by atoms with Crippen LogP contribution in [0.3, 0.4) is 0 Å². The summed E-state index contributed by atoms with van der Waals surface area (Å²) >= 11 is 1.41. The Labute approximate surface area is 201 Å². The summed E-state index contributed by atoms with van der Waals surface area (Å²) in [5.41, 5.74) is 1.40. The first kappa shape index (κ1) is 24.6. The lowest BCUT2D eigenvalue weighted by molar-refractivity contribution is -0.137. The maximum Gasteiger partial charge on any atom is 0.416 e. The molecule has 1 heterocycles. The van der Waals surface area contributed by atoms with Crippen molar-refractivity contribution in [3.63, 3.8) is 0 Å². The topological polar surface area (TPSA) is 43.8 Å². The molecule has 0 spiro atoms. The lowest BCUT2D eigenvalue weighted by Gasteiger charge is -2.45. The molecule has 1 aliphatic rings. The van der Waals surface area contributed by atoms with Crippen LogP contribution in [0, 0.1) is 5.92 Å². The summed E-state index contributed by atoms with van der Waals surface area (Å²) < 4.78 is 40.6. The predicted octanol–water partition coefficient (Wildman–Crippen LogP) is 5.56. The Hall–Kier alpha value is -2.55. The van der Waals surface area contributed by atoms with E-state index in [1.807, 2.05) is 40.9 Å². The highest BCUT2D eigenvalue weighted by molar-refractivity contribution is 7.96. The Morgan fingerprint density at radius 3 is 2.47 bits per heavy atom. The molecular weight excluding hydrogens is 461 g/mol. The van der Waals surface area contributed by atoms with E-state index in [0.29, 0.717) is 23.6 Å². The van der Waals surface area contributed by atoms with Gasteiger partial charge < -0.3 is 10.0 Å². The lowest BCUT2D eigenvalue weighted by Crippen LogP contribution is -2.55. The van der Waals surface area contributed by atoms with E-state index in [0.717, 1.165) is 41.6 Å². The van der Waals surface area contributed by atoms with Crippen molar-refractivity contribution >= 4 is 28.6 Å². The molecule has 3 aromatic carbocycles. The zero-order chi connectivity index (χ0) is 24.5. The Morgan fingerprint density at radius 2 is 1.85 bits per heavy atom. The number of aliphatic hydroxyl groups is 1. The van der Waals surface area contributed by atoms with Gasteiger partial charge in [-0.05, 0) is 53.1 Å². The highest BCUT2D eigenvalue weighted by Gasteiger charge is 2.36. The van der Waals surface area contributed by atoms with Crippen molar-refractivity contribution in [2.75, 3.05) is 32.5 Å². The summed E-state index contributed by atoms with van der Waals surface area (Å²) in [5.74, 6) is 0.289. The van der Waals surface area contributed by atoms with E-state index in [-0.39, 0.29) is 18.6 Å².